The molecule has 25 heavy (non-hydrogen) atoms. The van der Waals surface area contributed by atoms with Crippen LogP contribution in [-0.4, -0.2) is 49.8 Å². The second kappa shape index (κ2) is 7.20. The number of urea groups is 1. The summed E-state index contributed by atoms with van der Waals surface area (Å²) in [4.78, 5) is 14.0. The Hall–Kier alpha value is -2.45. The molecule has 6 nitrogen and oxygen atoms in total. The average Bonchev–Trinajstić information content (AvgIpc) is 2.64. The molecule has 2 amide bonds. The first kappa shape index (κ1) is 17.4. The predicted octanol–water partition coefficient (Wildman–Crippen LogP) is 2.36. The molecule has 0 spiro atoms. The Labute approximate surface area is 145 Å². The van der Waals surface area contributed by atoms with E-state index < -0.39 is 10.0 Å². The number of hydrogen-bond acceptors (Lipinski definition) is 3. The van der Waals surface area contributed by atoms with Crippen LogP contribution in [0.4, 0.5) is 14.9 Å². The summed E-state index contributed by atoms with van der Waals surface area (Å²) in [5.41, 5.74) is 0.491. The van der Waals surface area contributed by atoms with Crippen LogP contribution in [-0.2, 0) is 10.0 Å². The minimum Gasteiger partial charge on any atom is -0.322 e. The van der Waals surface area contributed by atoms with Crippen molar-refractivity contribution in [1.82, 2.24) is 9.21 Å². The molecule has 8 heteroatoms. The van der Waals surface area contributed by atoms with Gasteiger partial charge < -0.3 is 10.2 Å². The fourth-order valence-corrected chi connectivity index (χ4v) is 4.05. The number of anilines is 1. The Balaban J connectivity index is 1.60. The molecule has 1 aliphatic heterocycles. The van der Waals surface area contributed by atoms with Gasteiger partial charge in [0.2, 0.25) is 10.0 Å². The zero-order valence-corrected chi connectivity index (χ0v) is 14.2. The topological polar surface area (TPSA) is 69.7 Å². The second-order valence-electron chi connectivity index (χ2n) is 5.64. The molecular formula is C17H18FN3O3S. The highest BCUT2D eigenvalue weighted by Crippen LogP contribution is 2.18. The van der Waals surface area contributed by atoms with Crippen LogP contribution >= 0.6 is 0 Å². The number of halogens is 1. The summed E-state index contributed by atoms with van der Waals surface area (Å²) in [6.45, 7) is 1.04. The summed E-state index contributed by atoms with van der Waals surface area (Å²) < 4.78 is 39.4. The van der Waals surface area contributed by atoms with Crippen LogP contribution < -0.4 is 5.32 Å². The van der Waals surface area contributed by atoms with E-state index in [9.17, 15) is 17.6 Å². The zero-order chi connectivity index (χ0) is 17.9. The highest BCUT2D eigenvalue weighted by molar-refractivity contribution is 7.89. The Kier molecular flexibility index (Phi) is 5.00. The first-order valence-corrected chi connectivity index (χ1v) is 9.27. The van der Waals surface area contributed by atoms with Crippen molar-refractivity contribution in [2.75, 3.05) is 31.5 Å². The molecule has 0 bridgehead atoms. The molecule has 1 heterocycles. The molecule has 1 aliphatic rings. The first-order valence-electron chi connectivity index (χ1n) is 7.83. The number of benzene rings is 2. The first-order chi connectivity index (χ1) is 12.0. The number of nitrogens with zero attached hydrogens (tertiary/aromatic N) is 2. The van der Waals surface area contributed by atoms with Gasteiger partial charge in [-0.3, -0.25) is 0 Å². The van der Waals surface area contributed by atoms with E-state index in [0.717, 1.165) is 0 Å². The van der Waals surface area contributed by atoms with Crippen LogP contribution in [0.1, 0.15) is 0 Å². The average molecular weight is 363 g/mol. The summed E-state index contributed by atoms with van der Waals surface area (Å²) in [6, 6.07) is 13.4. The minimum absolute atomic E-state index is 0.230. The van der Waals surface area contributed by atoms with Gasteiger partial charge in [0.25, 0.3) is 0 Å². The second-order valence-corrected chi connectivity index (χ2v) is 7.58. The highest BCUT2D eigenvalue weighted by atomic mass is 32.2. The Morgan fingerprint density at radius 1 is 0.920 bits per heavy atom. The molecule has 1 fully saturated rings. The van der Waals surface area contributed by atoms with Crippen LogP contribution in [0, 0.1) is 5.82 Å². The standard InChI is InChI=1S/C17H18FN3O3S/c18-14-6-8-15(9-7-14)19-17(22)20-10-12-21(13-11-20)25(23,24)16-4-2-1-3-5-16/h1-9H,10-13H2,(H,19,22). The van der Waals surface area contributed by atoms with Gasteiger partial charge in [-0.25, -0.2) is 17.6 Å². The number of carbonyl (C=O) groups is 1. The molecule has 0 unspecified atom stereocenters. The summed E-state index contributed by atoms with van der Waals surface area (Å²) in [5.74, 6) is -0.377. The van der Waals surface area contributed by atoms with E-state index in [0.29, 0.717) is 18.8 Å². The van der Waals surface area contributed by atoms with Gasteiger partial charge in [0, 0.05) is 31.9 Å². The van der Waals surface area contributed by atoms with Crippen molar-refractivity contribution in [3.8, 4) is 0 Å². The lowest BCUT2D eigenvalue weighted by atomic mass is 10.3. The van der Waals surface area contributed by atoms with Crippen molar-refractivity contribution in [2.45, 2.75) is 4.90 Å². The van der Waals surface area contributed by atoms with Gasteiger partial charge in [0.15, 0.2) is 0 Å². The normalized spacial score (nSPS) is 15.8. The maximum atomic E-state index is 12.9. The van der Waals surface area contributed by atoms with Gasteiger partial charge in [-0.15, -0.1) is 0 Å². The number of hydrogen-bond donors (Lipinski definition) is 1. The molecular weight excluding hydrogens is 345 g/mol. The lowest BCUT2D eigenvalue weighted by molar-refractivity contribution is 0.184. The number of piperazine rings is 1. The van der Waals surface area contributed by atoms with E-state index in [-0.39, 0.29) is 29.8 Å². The summed E-state index contributed by atoms with van der Waals surface area (Å²) in [6.07, 6.45) is 0. The lowest BCUT2D eigenvalue weighted by Gasteiger charge is -2.34. The van der Waals surface area contributed by atoms with Crippen molar-refractivity contribution in [1.29, 1.82) is 0 Å². The number of amides is 2. The Morgan fingerprint density at radius 3 is 2.12 bits per heavy atom. The molecule has 0 atom stereocenters. The summed E-state index contributed by atoms with van der Waals surface area (Å²) in [7, 11) is -3.54. The molecule has 0 radical (unpaired) electrons. The fraction of sp³-hybridized carbons (Fsp3) is 0.235. The molecule has 2 aromatic rings. The van der Waals surface area contributed by atoms with E-state index in [4.69, 9.17) is 0 Å². The molecule has 1 N–H and O–H groups in total. The number of nitrogens with one attached hydrogen (secondary N) is 1. The molecule has 1 saturated heterocycles. The quantitative estimate of drug-likeness (QED) is 0.910. The predicted molar refractivity (Wildman–Crippen MR) is 92.2 cm³/mol. The maximum Gasteiger partial charge on any atom is 0.321 e. The van der Waals surface area contributed by atoms with Crippen LogP contribution in [0.15, 0.2) is 59.5 Å². The lowest BCUT2D eigenvalue weighted by Crippen LogP contribution is -2.51. The Morgan fingerprint density at radius 2 is 1.52 bits per heavy atom. The van der Waals surface area contributed by atoms with E-state index in [1.165, 1.54) is 28.6 Å². The monoisotopic (exact) mass is 363 g/mol. The van der Waals surface area contributed by atoms with E-state index in [1.807, 2.05) is 0 Å². The molecule has 0 saturated carbocycles. The van der Waals surface area contributed by atoms with Crippen molar-refractivity contribution < 1.29 is 17.6 Å². The van der Waals surface area contributed by atoms with Gasteiger partial charge in [-0.05, 0) is 36.4 Å². The maximum absolute atomic E-state index is 12.9. The van der Waals surface area contributed by atoms with Crippen LogP contribution in [0.25, 0.3) is 0 Å². The fourth-order valence-electron chi connectivity index (χ4n) is 2.61. The largest absolute Gasteiger partial charge is 0.322 e. The number of rotatable bonds is 3. The van der Waals surface area contributed by atoms with E-state index in [1.54, 1.807) is 35.2 Å². The smallest absolute Gasteiger partial charge is 0.321 e. The van der Waals surface area contributed by atoms with Gasteiger partial charge >= 0.3 is 6.03 Å². The van der Waals surface area contributed by atoms with E-state index >= 15 is 0 Å². The van der Waals surface area contributed by atoms with Crippen LogP contribution in [0.2, 0.25) is 0 Å². The minimum atomic E-state index is -3.54. The number of carbonyl (C=O) groups excluding carboxylic acids is 1. The van der Waals surface area contributed by atoms with E-state index in [2.05, 4.69) is 5.32 Å². The third kappa shape index (κ3) is 3.97. The van der Waals surface area contributed by atoms with Crippen molar-refractivity contribution in [3.05, 3.63) is 60.4 Å². The van der Waals surface area contributed by atoms with Gasteiger partial charge in [0.1, 0.15) is 5.82 Å². The number of sulfonamides is 1. The Bertz CT molecular complexity index is 833. The van der Waals surface area contributed by atoms with Crippen LogP contribution in [0.3, 0.4) is 0 Å². The van der Waals surface area contributed by atoms with Gasteiger partial charge in [-0.1, -0.05) is 18.2 Å². The molecule has 3 rings (SSSR count). The van der Waals surface area contributed by atoms with Crippen molar-refractivity contribution in [2.24, 2.45) is 0 Å². The third-order valence-electron chi connectivity index (χ3n) is 4.00. The summed E-state index contributed by atoms with van der Waals surface area (Å²) >= 11 is 0. The van der Waals surface area contributed by atoms with Gasteiger partial charge in [-0.2, -0.15) is 4.31 Å². The summed E-state index contributed by atoms with van der Waals surface area (Å²) in [5, 5.41) is 2.68. The SMILES string of the molecule is O=C(Nc1ccc(F)cc1)N1CCN(S(=O)(=O)c2ccccc2)CC1. The highest BCUT2D eigenvalue weighted by Gasteiger charge is 2.29. The molecule has 0 aromatic heterocycles. The van der Waals surface area contributed by atoms with Crippen molar-refractivity contribution in [3.63, 3.8) is 0 Å². The molecule has 132 valence electrons. The van der Waals surface area contributed by atoms with Gasteiger partial charge in [0.05, 0.1) is 4.90 Å². The van der Waals surface area contributed by atoms with Crippen molar-refractivity contribution >= 4 is 21.7 Å². The zero-order valence-electron chi connectivity index (χ0n) is 13.4. The van der Waals surface area contributed by atoms with Crippen LogP contribution in [0.5, 0.6) is 0 Å². The molecule has 2 aromatic carbocycles. The molecule has 0 aliphatic carbocycles. The third-order valence-corrected chi connectivity index (χ3v) is 5.92.